The van der Waals surface area contributed by atoms with Gasteiger partial charge in [0.05, 0.1) is 51.1 Å². The molecule has 2 fully saturated rings. The Hall–Kier alpha value is -14.0. The van der Waals surface area contributed by atoms with Crippen LogP contribution in [0, 0.1) is 5.41 Å². The number of unbranched alkanes of at least 4 members (excludes halogenated alkanes) is 13. The number of rotatable bonds is 57. The van der Waals surface area contributed by atoms with E-state index in [0.717, 1.165) is 60.2 Å². The number of pyridine rings is 1. The highest BCUT2D eigenvalue weighted by Crippen LogP contribution is 2.25. The van der Waals surface area contributed by atoms with Crippen LogP contribution in [0.25, 0.3) is 10.9 Å². The molecule has 2 aliphatic rings. The number of hydrogen-bond donors (Lipinski definition) is 23. The van der Waals surface area contributed by atoms with Gasteiger partial charge in [-0.15, -0.1) is 5.10 Å². The van der Waals surface area contributed by atoms with Crippen LogP contribution in [0.15, 0.2) is 97.8 Å². The van der Waals surface area contributed by atoms with E-state index in [4.69, 9.17) is 32.1 Å². The Bertz CT molecular complexity index is 5000. The summed E-state index contributed by atoms with van der Waals surface area (Å²) < 4.78 is 10.9. The zero-order chi connectivity index (χ0) is 102. The second-order valence-corrected chi connectivity index (χ2v) is 35.5. The van der Waals surface area contributed by atoms with Gasteiger partial charge in [0.25, 0.3) is 0 Å². The van der Waals surface area contributed by atoms with E-state index in [-0.39, 0.29) is 121 Å². The van der Waals surface area contributed by atoms with Crippen molar-refractivity contribution in [3.05, 3.63) is 126 Å². The van der Waals surface area contributed by atoms with Crippen molar-refractivity contribution in [1.29, 1.82) is 5.41 Å². The summed E-state index contributed by atoms with van der Waals surface area (Å²) >= 11 is 0. The summed E-state index contributed by atoms with van der Waals surface area (Å²) in [4.78, 5) is 242. The average molecular weight is 1980 g/mol. The maximum absolute atomic E-state index is 15.5. The first-order valence-electron chi connectivity index (χ1n) is 49.0. The monoisotopic (exact) mass is 1980 g/mol. The number of hydrogen-bond acceptors (Lipinski definition) is 26. The minimum absolute atomic E-state index is 0.0129. The average Bonchev–Trinajstić information content (AvgIpc) is 1.65. The number of ether oxygens (including phenoxy) is 2. The number of primary amides is 2. The molecular formula is C95H141N27O20. The Labute approximate surface area is 823 Å². The van der Waals surface area contributed by atoms with Gasteiger partial charge in [-0.05, 0) is 110 Å². The van der Waals surface area contributed by atoms with Crippen LogP contribution in [0.1, 0.15) is 208 Å². The Kier molecular flexibility index (Phi) is 50.2. The minimum Gasteiger partial charge on any atom is -0.394 e. The van der Waals surface area contributed by atoms with Crippen LogP contribution in [0.3, 0.4) is 0 Å². The topological polar surface area (TPSA) is 717 Å². The Morgan fingerprint density at radius 3 is 1.88 bits per heavy atom. The number of amides is 16. The van der Waals surface area contributed by atoms with Crippen molar-refractivity contribution in [2.24, 2.45) is 17.2 Å². The smallest absolute Gasteiger partial charge is 0.246 e. The molecule has 0 saturated carbocycles. The summed E-state index contributed by atoms with van der Waals surface area (Å²) in [5.41, 5.74) is 19.5. The van der Waals surface area contributed by atoms with Gasteiger partial charge in [0.15, 0.2) is 5.96 Å². The maximum Gasteiger partial charge on any atom is 0.246 e. The first-order valence-corrected chi connectivity index (χ1v) is 49.0. The molecule has 12 atom stereocenters. The summed E-state index contributed by atoms with van der Waals surface area (Å²) in [6.45, 7) is -0.375. The highest BCUT2D eigenvalue weighted by atomic mass is 16.5. The number of aliphatic hydroxyl groups excluding tert-OH is 2. The Balaban J connectivity index is 0.896. The molecule has 47 heteroatoms. The highest BCUT2D eigenvalue weighted by Gasteiger charge is 2.44. The molecule has 2 aliphatic heterocycles. The molecule has 16 amide bonds. The summed E-state index contributed by atoms with van der Waals surface area (Å²) in [5.74, 6) is -13.6. The normalized spacial score (nSPS) is 18.4. The first kappa shape index (κ1) is 113. The molecule has 6 heterocycles. The largest absolute Gasteiger partial charge is 0.394 e. The number of nitrogens with one attached hydrogen (secondary N) is 18. The molecule has 8 rings (SSSR count). The van der Waals surface area contributed by atoms with Gasteiger partial charge in [-0.25, -0.2) is 10.1 Å². The number of para-hydroxylation sites is 1. The summed E-state index contributed by atoms with van der Waals surface area (Å²) in [6.07, 6.45) is 19.4. The van der Waals surface area contributed by atoms with E-state index in [1.165, 1.54) is 88.4 Å². The molecule has 0 spiro atoms. The van der Waals surface area contributed by atoms with Gasteiger partial charge < -0.3 is 126 Å². The van der Waals surface area contributed by atoms with Crippen LogP contribution in [-0.2, 0) is 118 Å². The fraction of sp³-hybridized carbons (Fsp3) is 0.579. The number of aromatic amines is 3. The summed E-state index contributed by atoms with van der Waals surface area (Å²) in [7, 11) is 0. The van der Waals surface area contributed by atoms with E-state index < -0.39 is 226 Å². The van der Waals surface area contributed by atoms with Gasteiger partial charge in [-0.3, -0.25) is 87.1 Å². The second-order valence-electron chi connectivity index (χ2n) is 35.5. The van der Waals surface area contributed by atoms with Crippen LogP contribution >= 0.6 is 0 Å². The first-order chi connectivity index (χ1) is 68.5. The number of nitrogens with two attached hydrogens (primary N) is 3. The standard InChI is InChI=1S/C95H141N27O20/c1-2-3-28-68(85(131)113-71-35-37-81(127)102-40-23-22-30-67(84(97)130)109-90(136)74(50-62-53-105-66-29-21-20-27-65(62)66)115-86(132)69(31-24-41-104-95(98)99)111-89(135)73(48-60-25-16-15-17-26-60)117-93(139)77-52-64(124)56-122(77)94(71)140)110-88(134)72(49-61-38-42-100-43-39-61)114-91(137)75(51-63-54-101-59-107-63)116-87(133)70(34-36-78(96)125)112-92(138)76(57-123)108-82(128)55-106-83(129)58-142-47-46-141-45-44-103-80(126)33-19-14-12-10-8-6-4-5-7-9-11-13-18-32-79-118-120-121-119-79/h15-17,20-21,25-27,29,38-39,42-43,53-54,59,64,67-77,105,123-124H,2-14,18-19,22-24,28,30-37,40-41,44-52,55-58H2,1H3,(H2,96,125)(H2,97,130)(H,101,107)(H,102,127)(H,103,126)(H,106,129)(H,108,128)(H,109,136)(H,110,134)(H,111,135)(H,112,138)(H,113,131)(H,114,137)(H,115,132)(H,116,133)(H,117,139)(H4,98,99,104)(H,118,119,120,121)/t64-,67+,68+,69+,70+,71+,72+,73-,74+,75+,76+,77+/m1/s1. The number of nitrogens with zero attached hydrogens (tertiary/aromatic N) is 6. The van der Waals surface area contributed by atoms with Crippen LogP contribution < -0.4 is 91.6 Å². The zero-order valence-corrected chi connectivity index (χ0v) is 80.5. The molecule has 6 aromatic rings. The SMILES string of the molecule is CCCC[C@H](NC(=O)[C@H](Cc1ccncc1)NC(=O)[C@H](Cc1c[nH]cn1)NC(=O)[C@H](CCC(N)=O)NC(=O)[C@H](CO)NC(=O)CNC(=O)COCCOCCNC(=O)CCCCCCCCCCCCCCCc1nnn[nH]1)C(=O)N[C@H]1CCC(=O)NCCCC[C@@H](C(N)=O)NC(=O)[C@H](Cc2c[nH]c3ccccc23)NC(=O)[C@H](CCCNC(=N)N)NC(=O)[C@@H](Cc2ccccc2)NC(=O)[C@@H]2C[C@@H](O)CN2C1=O. The number of fused-ring (bicyclic) bond motifs is 2. The third-order valence-corrected chi connectivity index (χ3v) is 24.2. The van der Waals surface area contributed by atoms with Gasteiger partial charge >= 0.3 is 0 Å². The van der Waals surface area contributed by atoms with Crippen molar-refractivity contribution in [2.45, 2.75) is 285 Å². The predicted molar refractivity (Wildman–Crippen MR) is 517 cm³/mol. The van der Waals surface area contributed by atoms with Crippen molar-refractivity contribution in [1.82, 2.24) is 120 Å². The van der Waals surface area contributed by atoms with Crippen LogP contribution in [0.5, 0.6) is 0 Å². The lowest BCUT2D eigenvalue weighted by atomic mass is 10.0. The molecule has 4 aromatic heterocycles. The fourth-order valence-corrected chi connectivity index (χ4v) is 16.4. The van der Waals surface area contributed by atoms with Crippen molar-refractivity contribution in [3.63, 3.8) is 0 Å². The van der Waals surface area contributed by atoms with E-state index in [0.29, 0.717) is 29.5 Å². The molecular weight excluding hydrogens is 1840 g/mol. The number of benzene rings is 2. The van der Waals surface area contributed by atoms with E-state index in [9.17, 15) is 58.2 Å². The molecule has 0 unspecified atom stereocenters. The molecule has 142 heavy (non-hydrogen) atoms. The van der Waals surface area contributed by atoms with Gasteiger partial charge in [0.2, 0.25) is 94.5 Å². The number of guanidine groups is 1. The predicted octanol–water partition coefficient (Wildman–Crippen LogP) is -1.87. The summed E-state index contributed by atoms with van der Waals surface area (Å²) in [5, 5.41) is 81.1. The molecule has 47 nitrogen and oxygen atoms in total. The quantitative estimate of drug-likeness (QED) is 0.0113. The van der Waals surface area contributed by atoms with E-state index in [1.54, 1.807) is 55.6 Å². The highest BCUT2D eigenvalue weighted by molar-refractivity contribution is 6.01. The minimum atomic E-state index is -1.77. The van der Waals surface area contributed by atoms with E-state index >= 15 is 28.8 Å². The van der Waals surface area contributed by atoms with Gasteiger partial charge in [-0.2, -0.15) is 0 Å². The Morgan fingerprint density at radius 1 is 0.585 bits per heavy atom. The number of tetrazole rings is 1. The maximum atomic E-state index is 15.5. The van der Waals surface area contributed by atoms with E-state index in [1.807, 2.05) is 12.1 Å². The van der Waals surface area contributed by atoms with Gasteiger partial charge in [0, 0.05) is 120 Å². The number of aliphatic hydroxyl groups is 2. The molecule has 0 aliphatic carbocycles. The number of aromatic nitrogens is 8. The van der Waals surface area contributed by atoms with Crippen LogP contribution in [-0.4, -0.2) is 294 Å². The molecule has 2 saturated heterocycles. The summed E-state index contributed by atoms with van der Waals surface area (Å²) in [6, 6.07) is 1.37. The van der Waals surface area contributed by atoms with Crippen LogP contribution in [0.4, 0.5) is 0 Å². The number of carbonyl (C=O) groups is 16. The number of carbonyl (C=O) groups excluding carboxylic acids is 16. The van der Waals surface area contributed by atoms with Crippen molar-refractivity contribution < 1.29 is 96.4 Å². The van der Waals surface area contributed by atoms with Crippen molar-refractivity contribution in [2.75, 3.05) is 65.8 Å². The number of aryl methyl sites for hydroxylation is 1. The molecule has 0 radical (unpaired) electrons. The van der Waals surface area contributed by atoms with E-state index in [2.05, 4.69) is 115 Å². The fourth-order valence-electron chi connectivity index (χ4n) is 16.4. The second kappa shape index (κ2) is 63.0. The number of H-pyrrole nitrogens is 3. The van der Waals surface area contributed by atoms with Crippen LogP contribution in [0.2, 0.25) is 0 Å². The third-order valence-electron chi connectivity index (χ3n) is 24.2. The molecule has 26 N–H and O–H groups in total. The lowest BCUT2D eigenvalue weighted by Crippen LogP contribution is -2.61. The lowest BCUT2D eigenvalue weighted by molar-refractivity contribution is -0.143. The van der Waals surface area contributed by atoms with Gasteiger partial charge in [-0.1, -0.05) is 139 Å². The van der Waals surface area contributed by atoms with Gasteiger partial charge in [0.1, 0.15) is 78.9 Å². The van der Waals surface area contributed by atoms with Crippen molar-refractivity contribution in [3.8, 4) is 0 Å². The Morgan fingerprint density at radius 2 is 1.21 bits per heavy atom. The van der Waals surface area contributed by atoms with Crippen molar-refractivity contribution >= 4 is 111 Å². The zero-order valence-electron chi connectivity index (χ0n) is 80.5. The molecule has 2 aromatic carbocycles. The third kappa shape index (κ3) is 41.8. The molecule has 776 valence electrons. The lowest BCUT2D eigenvalue weighted by Gasteiger charge is -2.31. The number of imidazole rings is 1. The molecule has 0 bridgehead atoms.